The van der Waals surface area contributed by atoms with Crippen molar-refractivity contribution in [3.63, 3.8) is 0 Å². The average molecular weight is 472 g/mol. The monoisotopic (exact) mass is 471 g/mol. The molecule has 0 radical (unpaired) electrons. The van der Waals surface area contributed by atoms with Crippen LogP contribution in [0.1, 0.15) is 35.7 Å². The fraction of sp³-hybridized carbons (Fsp3) is 0.429. The van der Waals surface area contributed by atoms with Crippen LogP contribution in [0.25, 0.3) is 33.5 Å². The van der Waals surface area contributed by atoms with Gasteiger partial charge >= 0.3 is 0 Å². The maximum atomic E-state index is 13.3. The van der Waals surface area contributed by atoms with Crippen molar-refractivity contribution in [3.8, 4) is 17.3 Å². The highest BCUT2D eigenvalue weighted by Crippen LogP contribution is 2.39. The Bertz CT molecular complexity index is 1450. The summed E-state index contributed by atoms with van der Waals surface area (Å²) in [5.41, 5.74) is 6.08. The highest BCUT2D eigenvalue weighted by Gasteiger charge is 2.29. The summed E-state index contributed by atoms with van der Waals surface area (Å²) in [5, 5.41) is 4.40. The second-order valence-corrected chi connectivity index (χ2v) is 10.2. The topological polar surface area (TPSA) is 64.3 Å². The second kappa shape index (κ2) is 8.41. The molecule has 0 saturated heterocycles. The number of fused-ring (bicyclic) bond motifs is 3. The molecule has 1 amide bonds. The number of para-hydroxylation sites is 1. The molecule has 182 valence electrons. The molecule has 1 atom stereocenters. The van der Waals surface area contributed by atoms with E-state index in [4.69, 9.17) is 9.72 Å². The highest BCUT2D eigenvalue weighted by molar-refractivity contribution is 6.01. The van der Waals surface area contributed by atoms with Crippen molar-refractivity contribution < 1.29 is 9.53 Å². The molecule has 1 saturated carbocycles. The summed E-state index contributed by atoms with van der Waals surface area (Å²) < 4.78 is 10.3. The normalized spacial score (nSPS) is 16.8. The highest BCUT2D eigenvalue weighted by atomic mass is 16.5. The van der Waals surface area contributed by atoms with Crippen molar-refractivity contribution in [2.24, 2.45) is 13.0 Å². The number of aromatic nitrogens is 3. The van der Waals surface area contributed by atoms with Gasteiger partial charge < -0.3 is 24.1 Å². The van der Waals surface area contributed by atoms with E-state index in [0.29, 0.717) is 12.5 Å². The smallest absolute Gasteiger partial charge is 0.254 e. The maximum Gasteiger partial charge on any atom is 0.254 e. The molecule has 4 aromatic rings. The summed E-state index contributed by atoms with van der Waals surface area (Å²) in [4.78, 5) is 20.3. The first-order chi connectivity index (χ1) is 17.0. The van der Waals surface area contributed by atoms with Crippen LogP contribution in [-0.2, 0) is 20.0 Å². The first kappa shape index (κ1) is 22.2. The Morgan fingerprint density at radius 1 is 1.23 bits per heavy atom. The van der Waals surface area contributed by atoms with E-state index in [1.807, 2.05) is 30.1 Å². The maximum absolute atomic E-state index is 13.3. The fourth-order valence-corrected chi connectivity index (χ4v) is 5.43. The third-order valence-corrected chi connectivity index (χ3v) is 7.73. The zero-order valence-corrected chi connectivity index (χ0v) is 21.0. The first-order valence-electron chi connectivity index (χ1n) is 12.6. The molecule has 35 heavy (non-hydrogen) atoms. The van der Waals surface area contributed by atoms with Crippen LogP contribution in [0.5, 0.6) is 5.75 Å². The summed E-state index contributed by atoms with van der Waals surface area (Å²) in [6, 6.07) is 12.9. The van der Waals surface area contributed by atoms with E-state index in [2.05, 4.69) is 46.6 Å². The number of carbonyl (C=O) groups excluding carboxylic acids is 1. The van der Waals surface area contributed by atoms with Crippen molar-refractivity contribution in [1.29, 1.82) is 0 Å². The number of carbonyl (C=O) groups is 1. The van der Waals surface area contributed by atoms with E-state index in [-0.39, 0.29) is 11.9 Å². The Morgan fingerprint density at radius 3 is 2.80 bits per heavy atom. The molecular formula is C28H33N5O2. The van der Waals surface area contributed by atoms with Gasteiger partial charge in [0.1, 0.15) is 5.75 Å². The van der Waals surface area contributed by atoms with Crippen molar-refractivity contribution in [1.82, 2.24) is 24.3 Å². The van der Waals surface area contributed by atoms with Crippen LogP contribution >= 0.6 is 0 Å². The van der Waals surface area contributed by atoms with Crippen molar-refractivity contribution in [2.75, 3.05) is 27.2 Å². The number of likely N-dealkylation sites (N-methyl/N-ethyl adjacent to an activating group) is 1. The van der Waals surface area contributed by atoms with Crippen LogP contribution in [0.15, 0.2) is 36.4 Å². The minimum Gasteiger partial charge on any atom is -0.495 e. The summed E-state index contributed by atoms with van der Waals surface area (Å²) in [6.45, 7) is 4.54. The fourth-order valence-electron chi connectivity index (χ4n) is 5.43. The van der Waals surface area contributed by atoms with Crippen LogP contribution in [0, 0.1) is 5.92 Å². The molecule has 2 aromatic heterocycles. The van der Waals surface area contributed by atoms with Gasteiger partial charge in [0, 0.05) is 43.7 Å². The van der Waals surface area contributed by atoms with Gasteiger partial charge in [0.25, 0.3) is 5.91 Å². The average Bonchev–Trinajstić information content (AvgIpc) is 3.54. The number of hydrogen-bond donors (Lipinski definition) is 1. The molecule has 0 bridgehead atoms. The molecule has 1 aliphatic heterocycles. The van der Waals surface area contributed by atoms with E-state index in [0.717, 1.165) is 69.8 Å². The lowest BCUT2D eigenvalue weighted by atomic mass is 9.97. The van der Waals surface area contributed by atoms with Gasteiger partial charge in [0.15, 0.2) is 5.82 Å². The van der Waals surface area contributed by atoms with Crippen molar-refractivity contribution in [2.45, 2.75) is 38.8 Å². The van der Waals surface area contributed by atoms with E-state index in [9.17, 15) is 4.79 Å². The quantitative estimate of drug-likeness (QED) is 0.438. The van der Waals surface area contributed by atoms with E-state index in [1.165, 1.54) is 12.8 Å². The summed E-state index contributed by atoms with van der Waals surface area (Å²) >= 11 is 0. The molecule has 0 unspecified atom stereocenters. The third kappa shape index (κ3) is 3.69. The predicted octanol–water partition coefficient (Wildman–Crippen LogP) is 4.22. The Balaban J connectivity index is 1.47. The Kier molecular flexibility index (Phi) is 5.33. The largest absolute Gasteiger partial charge is 0.495 e. The van der Waals surface area contributed by atoms with Gasteiger partial charge in [-0.3, -0.25) is 4.79 Å². The van der Waals surface area contributed by atoms with Crippen LogP contribution in [0.2, 0.25) is 0 Å². The Hall–Kier alpha value is -3.32. The molecule has 1 aliphatic carbocycles. The van der Waals surface area contributed by atoms with Gasteiger partial charge in [-0.05, 0) is 69.0 Å². The molecule has 3 heterocycles. The van der Waals surface area contributed by atoms with Gasteiger partial charge in [-0.1, -0.05) is 12.1 Å². The number of hydrogen-bond acceptors (Lipinski definition) is 4. The molecule has 1 N–H and O–H groups in total. The van der Waals surface area contributed by atoms with E-state index >= 15 is 0 Å². The van der Waals surface area contributed by atoms with Gasteiger partial charge in [-0.15, -0.1) is 0 Å². The Labute approximate surface area is 205 Å². The molecule has 7 nitrogen and oxygen atoms in total. The van der Waals surface area contributed by atoms with Gasteiger partial charge in [0.2, 0.25) is 0 Å². The number of aryl methyl sites for hydroxylation is 1. The van der Waals surface area contributed by atoms with Crippen LogP contribution < -0.4 is 10.1 Å². The lowest BCUT2D eigenvalue weighted by Crippen LogP contribution is -2.44. The lowest BCUT2D eigenvalue weighted by Gasteiger charge is -2.30. The number of imidazole rings is 1. The minimum absolute atomic E-state index is 0.107. The number of nitrogens with one attached hydrogen (secondary N) is 1. The molecular weight excluding hydrogens is 438 g/mol. The molecule has 2 aliphatic rings. The number of amides is 1. The molecule has 7 heteroatoms. The van der Waals surface area contributed by atoms with Crippen LogP contribution in [0.3, 0.4) is 0 Å². The minimum atomic E-state index is 0.107. The van der Waals surface area contributed by atoms with Crippen LogP contribution in [0.4, 0.5) is 0 Å². The predicted molar refractivity (Wildman–Crippen MR) is 139 cm³/mol. The van der Waals surface area contributed by atoms with E-state index < -0.39 is 0 Å². The first-order valence-corrected chi connectivity index (χ1v) is 12.6. The number of methoxy groups -OCH3 is 1. The van der Waals surface area contributed by atoms with Crippen molar-refractivity contribution in [3.05, 3.63) is 47.5 Å². The molecule has 0 spiro atoms. The third-order valence-electron chi connectivity index (χ3n) is 7.73. The number of rotatable bonds is 7. The lowest BCUT2D eigenvalue weighted by molar-refractivity contribution is 0.0727. The zero-order valence-electron chi connectivity index (χ0n) is 21.0. The van der Waals surface area contributed by atoms with Gasteiger partial charge in [0.05, 0.1) is 29.4 Å². The Morgan fingerprint density at radius 2 is 2.06 bits per heavy atom. The van der Waals surface area contributed by atoms with Crippen LogP contribution in [-0.4, -0.2) is 58.2 Å². The number of ether oxygens (including phenoxy) is 1. The molecule has 2 aromatic carbocycles. The summed E-state index contributed by atoms with van der Waals surface area (Å²) in [7, 11) is 5.75. The van der Waals surface area contributed by atoms with Crippen molar-refractivity contribution >= 4 is 27.8 Å². The number of nitrogens with zero attached hydrogens (tertiary/aromatic N) is 4. The van der Waals surface area contributed by atoms with Gasteiger partial charge in [-0.25, -0.2) is 4.98 Å². The summed E-state index contributed by atoms with van der Waals surface area (Å²) in [5.74, 6) is 2.63. The molecule has 6 rings (SSSR count). The summed E-state index contributed by atoms with van der Waals surface area (Å²) in [6.07, 6.45) is 3.41. The van der Waals surface area contributed by atoms with E-state index in [1.54, 1.807) is 7.11 Å². The second-order valence-electron chi connectivity index (χ2n) is 10.2. The SMILES string of the molecule is CN[C@H](C)CN1CCc2cc3c(cc2C1=O)nc(-c1cc2cccc(OC)c2n1CC1CC1)n3C. The van der Waals surface area contributed by atoms with Gasteiger partial charge in [-0.2, -0.15) is 0 Å². The number of benzene rings is 2. The molecule has 1 fully saturated rings. The standard InChI is InChI=1S/C28H33N5O2/c1-17(29-2)15-32-11-10-19-12-23-22(14-21(19)28(32)34)30-27(31(23)3)24-13-20-6-5-7-25(35-4)26(20)33(24)16-18-8-9-18/h5-7,12-14,17-18,29H,8-11,15-16H2,1-4H3/t17-/m1/s1. The zero-order chi connectivity index (χ0) is 24.3.